The molecule has 1 heterocycles. The molecule has 3 aliphatic rings. The summed E-state index contributed by atoms with van der Waals surface area (Å²) in [7, 11) is 0. The van der Waals surface area contributed by atoms with Crippen molar-refractivity contribution in [3.05, 3.63) is 0 Å². The highest BCUT2D eigenvalue weighted by Gasteiger charge is 2.57. The first-order valence-electron chi connectivity index (χ1n) is 8.52. The summed E-state index contributed by atoms with van der Waals surface area (Å²) in [6, 6.07) is 0. The second kappa shape index (κ2) is 6.44. The minimum atomic E-state index is 0.417. The Morgan fingerprint density at radius 1 is 1.00 bits per heavy atom. The van der Waals surface area contributed by atoms with E-state index in [0.717, 1.165) is 51.0 Å². The van der Waals surface area contributed by atoms with Gasteiger partial charge < -0.3 is 10.6 Å². The van der Waals surface area contributed by atoms with E-state index in [9.17, 15) is 4.79 Å². The molecule has 2 unspecified atom stereocenters. The predicted molar refractivity (Wildman–Crippen MR) is 80.2 cm³/mol. The van der Waals surface area contributed by atoms with Crippen LogP contribution in [0.15, 0.2) is 0 Å². The highest BCUT2D eigenvalue weighted by molar-refractivity contribution is 5.82. The SMILES string of the molecule is NCCCCCN1CCN(C(=O)C2C3CCCC32)CC1. The summed E-state index contributed by atoms with van der Waals surface area (Å²) in [6.45, 7) is 6.02. The lowest BCUT2D eigenvalue weighted by atomic mass is 10.1. The third-order valence-electron chi connectivity index (χ3n) is 5.55. The number of amides is 1. The van der Waals surface area contributed by atoms with Gasteiger partial charge in [0.1, 0.15) is 0 Å². The monoisotopic (exact) mass is 279 g/mol. The number of carbonyl (C=O) groups is 1. The van der Waals surface area contributed by atoms with Crippen molar-refractivity contribution in [1.82, 2.24) is 9.80 Å². The van der Waals surface area contributed by atoms with E-state index in [4.69, 9.17) is 5.73 Å². The van der Waals surface area contributed by atoms with Crippen LogP contribution in [-0.4, -0.2) is 55.0 Å². The fourth-order valence-corrected chi connectivity index (χ4v) is 4.25. The maximum absolute atomic E-state index is 12.5. The molecular formula is C16H29N3O. The summed E-state index contributed by atoms with van der Waals surface area (Å²) in [5.41, 5.74) is 5.51. The molecule has 0 spiro atoms. The average Bonchev–Trinajstić information content (AvgIpc) is 2.96. The molecule has 2 atom stereocenters. The van der Waals surface area contributed by atoms with Crippen LogP contribution in [0.4, 0.5) is 0 Å². The molecule has 20 heavy (non-hydrogen) atoms. The van der Waals surface area contributed by atoms with Gasteiger partial charge in [0, 0.05) is 32.1 Å². The molecule has 3 rings (SSSR count). The summed E-state index contributed by atoms with van der Waals surface area (Å²) < 4.78 is 0. The van der Waals surface area contributed by atoms with Gasteiger partial charge in [0.25, 0.3) is 0 Å². The summed E-state index contributed by atoms with van der Waals surface area (Å²) in [5, 5.41) is 0. The van der Waals surface area contributed by atoms with Crippen LogP contribution in [0, 0.1) is 17.8 Å². The lowest BCUT2D eigenvalue weighted by molar-refractivity contribution is -0.135. The molecule has 2 N–H and O–H groups in total. The molecule has 4 nitrogen and oxygen atoms in total. The second-order valence-electron chi connectivity index (χ2n) is 6.80. The van der Waals surface area contributed by atoms with Crippen LogP contribution in [-0.2, 0) is 4.79 Å². The van der Waals surface area contributed by atoms with E-state index in [1.54, 1.807) is 0 Å². The normalized spacial score (nSPS) is 33.2. The molecule has 1 aliphatic heterocycles. The molecule has 1 saturated heterocycles. The average molecular weight is 279 g/mol. The maximum Gasteiger partial charge on any atom is 0.226 e. The van der Waals surface area contributed by atoms with Gasteiger partial charge in [0.2, 0.25) is 5.91 Å². The van der Waals surface area contributed by atoms with Crippen LogP contribution in [0.25, 0.3) is 0 Å². The van der Waals surface area contributed by atoms with Crippen molar-refractivity contribution in [2.45, 2.75) is 38.5 Å². The lowest BCUT2D eigenvalue weighted by Gasteiger charge is -2.35. The van der Waals surface area contributed by atoms with Crippen molar-refractivity contribution in [1.29, 1.82) is 0 Å². The summed E-state index contributed by atoms with van der Waals surface area (Å²) >= 11 is 0. The van der Waals surface area contributed by atoms with Gasteiger partial charge in [-0.2, -0.15) is 0 Å². The van der Waals surface area contributed by atoms with Crippen molar-refractivity contribution in [3.8, 4) is 0 Å². The van der Waals surface area contributed by atoms with Crippen molar-refractivity contribution in [2.24, 2.45) is 23.5 Å². The highest BCUT2D eigenvalue weighted by Crippen LogP contribution is 2.58. The minimum absolute atomic E-state index is 0.417. The van der Waals surface area contributed by atoms with E-state index in [1.165, 1.54) is 38.6 Å². The number of piperazine rings is 1. The largest absolute Gasteiger partial charge is 0.340 e. The molecular weight excluding hydrogens is 250 g/mol. The lowest BCUT2D eigenvalue weighted by Crippen LogP contribution is -2.49. The van der Waals surface area contributed by atoms with E-state index in [0.29, 0.717) is 11.8 Å². The van der Waals surface area contributed by atoms with E-state index >= 15 is 0 Å². The maximum atomic E-state index is 12.5. The molecule has 0 aromatic rings. The number of unbranched alkanes of at least 4 members (excludes halogenated alkanes) is 2. The minimum Gasteiger partial charge on any atom is -0.340 e. The van der Waals surface area contributed by atoms with E-state index in [-0.39, 0.29) is 0 Å². The highest BCUT2D eigenvalue weighted by atomic mass is 16.2. The standard InChI is InChI=1S/C16H29N3O/c17-7-2-1-3-8-18-9-11-19(12-10-18)16(20)15-13-5-4-6-14(13)15/h13-15H,1-12,17H2. The molecule has 0 aromatic carbocycles. The Labute approximate surface area is 122 Å². The number of nitrogens with zero attached hydrogens (tertiary/aromatic N) is 2. The summed E-state index contributed by atoms with van der Waals surface area (Å²) in [6.07, 6.45) is 7.60. The van der Waals surface area contributed by atoms with Crippen LogP contribution in [0.3, 0.4) is 0 Å². The fraction of sp³-hybridized carbons (Fsp3) is 0.938. The Morgan fingerprint density at radius 2 is 1.70 bits per heavy atom. The molecule has 2 aliphatic carbocycles. The van der Waals surface area contributed by atoms with E-state index in [2.05, 4.69) is 9.80 Å². The molecule has 2 saturated carbocycles. The van der Waals surface area contributed by atoms with Crippen molar-refractivity contribution >= 4 is 5.91 Å². The first-order chi connectivity index (χ1) is 9.81. The Bertz CT molecular complexity index is 329. The number of carbonyl (C=O) groups excluding carboxylic acids is 1. The van der Waals surface area contributed by atoms with Crippen LogP contribution < -0.4 is 5.73 Å². The number of fused-ring (bicyclic) bond motifs is 1. The zero-order chi connectivity index (χ0) is 13.9. The van der Waals surface area contributed by atoms with Gasteiger partial charge in [-0.05, 0) is 50.6 Å². The number of rotatable bonds is 6. The molecule has 0 radical (unpaired) electrons. The first-order valence-corrected chi connectivity index (χ1v) is 8.52. The van der Waals surface area contributed by atoms with Crippen molar-refractivity contribution in [3.63, 3.8) is 0 Å². The third-order valence-corrected chi connectivity index (χ3v) is 5.55. The number of hydrogen-bond donors (Lipinski definition) is 1. The molecule has 0 bridgehead atoms. The van der Waals surface area contributed by atoms with Gasteiger partial charge in [-0.1, -0.05) is 12.8 Å². The van der Waals surface area contributed by atoms with E-state index < -0.39 is 0 Å². The molecule has 114 valence electrons. The van der Waals surface area contributed by atoms with Crippen molar-refractivity contribution in [2.75, 3.05) is 39.3 Å². The molecule has 0 aromatic heterocycles. The Balaban J connectivity index is 1.35. The topological polar surface area (TPSA) is 49.6 Å². The number of nitrogens with two attached hydrogens (primary N) is 1. The van der Waals surface area contributed by atoms with Gasteiger partial charge in [0.05, 0.1) is 0 Å². The van der Waals surface area contributed by atoms with Crippen LogP contribution in [0.1, 0.15) is 38.5 Å². The summed E-state index contributed by atoms with van der Waals surface area (Å²) in [4.78, 5) is 17.1. The van der Waals surface area contributed by atoms with Gasteiger partial charge >= 0.3 is 0 Å². The molecule has 1 amide bonds. The van der Waals surface area contributed by atoms with Crippen molar-refractivity contribution < 1.29 is 4.79 Å². The zero-order valence-electron chi connectivity index (χ0n) is 12.6. The molecule has 3 fully saturated rings. The fourth-order valence-electron chi connectivity index (χ4n) is 4.25. The quantitative estimate of drug-likeness (QED) is 0.746. The van der Waals surface area contributed by atoms with Gasteiger partial charge in [0.15, 0.2) is 0 Å². The third kappa shape index (κ3) is 3.01. The van der Waals surface area contributed by atoms with Gasteiger partial charge in [-0.25, -0.2) is 0 Å². The van der Waals surface area contributed by atoms with Gasteiger partial charge in [-0.3, -0.25) is 9.69 Å². The zero-order valence-corrected chi connectivity index (χ0v) is 12.6. The van der Waals surface area contributed by atoms with Crippen LogP contribution >= 0.6 is 0 Å². The second-order valence-corrected chi connectivity index (χ2v) is 6.80. The summed E-state index contributed by atoms with van der Waals surface area (Å²) in [5.74, 6) is 2.41. The smallest absolute Gasteiger partial charge is 0.226 e. The molecule has 4 heteroatoms. The van der Waals surface area contributed by atoms with Crippen LogP contribution in [0.5, 0.6) is 0 Å². The van der Waals surface area contributed by atoms with Gasteiger partial charge in [-0.15, -0.1) is 0 Å². The predicted octanol–water partition coefficient (Wildman–Crippen LogP) is 1.31. The Hall–Kier alpha value is -0.610. The first kappa shape index (κ1) is 14.3. The Morgan fingerprint density at radius 3 is 2.35 bits per heavy atom. The Kier molecular flexibility index (Phi) is 4.61. The van der Waals surface area contributed by atoms with E-state index in [1.807, 2.05) is 0 Å². The number of hydrogen-bond acceptors (Lipinski definition) is 3. The van der Waals surface area contributed by atoms with Crippen LogP contribution in [0.2, 0.25) is 0 Å².